The molecule has 1 atom stereocenters. The van der Waals surface area contributed by atoms with E-state index >= 15 is 0 Å². The first-order chi connectivity index (χ1) is 8.81. The molecule has 1 unspecified atom stereocenters. The average Bonchev–Trinajstić information content (AvgIpc) is 2.39. The van der Waals surface area contributed by atoms with Crippen molar-refractivity contribution < 1.29 is 24.4 Å². The first-order valence-electron chi connectivity index (χ1n) is 6.87. The molecule has 0 aliphatic heterocycles. The summed E-state index contributed by atoms with van der Waals surface area (Å²) in [4.78, 5) is 0. The fraction of sp³-hybridized carbons (Fsp3) is 1.00. The van der Waals surface area contributed by atoms with Crippen molar-refractivity contribution in [3.8, 4) is 0 Å². The van der Waals surface area contributed by atoms with Crippen LogP contribution in [0.3, 0.4) is 0 Å². The van der Waals surface area contributed by atoms with E-state index in [0.29, 0.717) is 32.7 Å². The Morgan fingerprint density at radius 1 is 0.833 bits per heavy atom. The third-order valence-corrected chi connectivity index (χ3v) is 2.37. The number of hydrogen-bond donors (Lipinski definition) is 2. The SMILES string of the molecule is CCC(O)OCCCOCCCCOCCCO. The third kappa shape index (κ3) is 13.9. The molecule has 0 aromatic carbocycles. The summed E-state index contributed by atoms with van der Waals surface area (Å²) in [6.45, 7) is 5.38. The van der Waals surface area contributed by atoms with Crippen molar-refractivity contribution in [2.75, 3.05) is 39.6 Å². The smallest absolute Gasteiger partial charge is 0.154 e. The van der Waals surface area contributed by atoms with Crippen LogP contribution < -0.4 is 0 Å². The highest BCUT2D eigenvalue weighted by Gasteiger charge is 1.98. The predicted octanol–water partition coefficient (Wildman–Crippen LogP) is 1.32. The van der Waals surface area contributed by atoms with Crippen molar-refractivity contribution in [2.24, 2.45) is 0 Å². The summed E-state index contributed by atoms with van der Waals surface area (Å²) in [5, 5.41) is 17.7. The van der Waals surface area contributed by atoms with Gasteiger partial charge in [0.2, 0.25) is 0 Å². The molecule has 5 nitrogen and oxygen atoms in total. The maximum absolute atomic E-state index is 9.13. The molecule has 0 heterocycles. The second-order valence-corrected chi connectivity index (χ2v) is 4.10. The quantitative estimate of drug-likeness (QED) is 0.366. The Morgan fingerprint density at radius 2 is 1.39 bits per heavy atom. The largest absolute Gasteiger partial charge is 0.396 e. The van der Waals surface area contributed by atoms with Crippen molar-refractivity contribution in [3.05, 3.63) is 0 Å². The van der Waals surface area contributed by atoms with Gasteiger partial charge in [0.15, 0.2) is 6.29 Å². The predicted molar refractivity (Wildman–Crippen MR) is 69.4 cm³/mol. The minimum atomic E-state index is -0.638. The van der Waals surface area contributed by atoms with Crippen LogP contribution in [0.25, 0.3) is 0 Å². The molecule has 0 aliphatic carbocycles. The first kappa shape index (κ1) is 17.8. The Balaban J connectivity index is 2.94. The highest BCUT2D eigenvalue weighted by atomic mass is 16.6. The van der Waals surface area contributed by atoms with Gasteiger partial charge in [-0.1, -0.05) is 6.92 Å². The molecule has 0 aromatic heterocycles. The minimum Gasteiger partial charge on any atom is -0.396 e. The van der Waals surface area contributed by atoms with E-state index in [1.165, 1.54) is 0 Å². The van der Waals surface area contributed by atoms with Gasteiger partial charge in [-0.2, -0.15) is 0 Å². The molecule has 0 saturated carbocycles. The fourth-order valence-corrected chi connectivity index (χ4v) is 1.28. The lowest BCUT2D eigenvalue weighted by molar-refractivity contribution is -0.104. The van der Waals surface area contributed by atoms with Crippen LogP contribution >= 0.6 is 0 Å². The van der Waals surface area contributed by atoms with Crippen molar-refractivity contribution in [3.63, 3.8) is 0 Å². The lowest BCUT2D eigenvalue weighted by Crippen LogP contribution is -2.12. The molecule has 0 saturated heterocycles. The van der Waals surface area contributed by atoms with Crippen LogP contribution in [0.4, 0.5) is 0 Å². The first-order valence-corrected chi connectivity index (χ1v) is 6.87. The van der Waals surface area contributed by atoms with Gasteiger partial charge >= 0.3 is 0 Å². The van der Waals surface area contributed by atoms with E-state index in [-0.39, 0.29) is 6.61 Å². The number of aliphatic hydroxyl groups excluding tert-OH is 2. The summed E-state index contributed by atoms with van der Waals surface area (Å²) < 4.78 is 15.8. The highest BCUT2D eigenvalue weighted by Crippen LogP contribution is 1.96. The topological polar surface area (TPSA) is 68.2 Å². The van der Waals surface area contributed by atoms with Gasteiger partial charge in [-0.05, 0) is 32.1 Å². The minimum absolute atomic E-state index is 0.192. The maximum atomic E-state index is 9.13. The molecule has 0 bridgehead atoms. The van der Waals surface area contributed by atoms with Crippen LogP contribution in [0.5, 0.6) is 0 Å². The fourth-order valence-electron chi connectivity index (χ4n) is 1.28. The van der Waals surface area contributed by atoms with Gasteiger partial charge in [-0.15, -0.1) is 0 Å². The molecular weight excluding hydrogens is 236 g/mol. The van der Waals surface area contributed by atoms with Crippen molar-refractivity contribution in [1.29, 1.82) is 0 Å². The number of ether oxygens (including phenoxy) is 3. The summed E-state index contributed by atoms with van der Waals surface area (Å²) in [7, 11) is 0. The van der Waals surface area contributed by atoms with Gasteiger partial charge in [-0.25, -0.2) is 0 Å². The summed E-state index contributed by atoms with van der Waals surface area (Å²) in [6, 6.07) is 0. The Morgan fingerprint density at radius 3 is 1.94 bits per heavy atom. The van der Waals surface area contributed by atoms with Gasteiger partial charge in [-0.3, -0.25) is 0 Å². The number of unbranched alkanes of at least 4 members (excludes halogenated alkanes) is 1. The molecule has 110 valence electrons. The number of rotatable bonds is 14. The summed E-state index contributed by atoms with van der Waals surface area (Å²) in [6.07, 6.45) is 3.47. The zero-order chi connectivity index (χ0) is 13.5. The Kier molecular flexibility index (Phi) is 14.7. The van der Waals surface area contributed by atoms with E-state index in [9.17, 15) is 0 Å². The number of hydrogen-bond acceptors (Lipinski definition) is 5. The Bertz CT molecular complexity index is 154. The molecule has 0 amide bonds. The van der Waals surface area contributed by atoms with Gasteiger partial charge in [0, 0.05) is 33.0 Å². The van der Waals surface area contributed by atoms with E-state index in [1.807, 2.05) is 6.92 Å². The van der Waals surface area contributed by atoms with Crippen LogP contribution in [0.15, 0.2) is 0 Å². The van der Waals surface area contributed by atoms with E-state index < -0.39 is 6.29 Å². The zero-order valence-electron chi connectivity index (χ0n) is 11.5. The average molecular weight is 264 g/mol. The molecule has 0 radical (unpaired) electrons. The van der Waals surface area contributed by atoms with Gasteiger partial charge in [0.25, 0.3) is 0 Å². The van der Waals surface area contributed by atoms with Gasteiger partial charge in [0.05, 0.1) is 6.61 Å². The van der Waals surface area contributed by atoms with Crippen LogP contribution in [0.1, 0.15) is 39.0 Å². The van der Waals surface area contributed by atoms with Gasteiger partial charge in [0.1, 0.15) is 0 Å². The maximum Gasteiger partial charge on any atom is 0.154 e. The van der Waals surface area contributed by atoms with Crippen LogP contribution in [-0.4, -0.2) is 56.1 Å². The molecule has 0 fully saturated rings. The molecule has 0 aromatic rings. The normalized spacial score (nSPS) is 12.8. The molecule has 0 spiro atoms. The lowest BCUT2D eigenvalue weighted by Gasteiger charge is -2.09. The standard InChI is InChI=1S/C13H28O5/c1-2-13(15)18-12-6-11-17-9-4-3-8-16-10-5-7-14/h13-15H,2-12H2,1H3. The molecular formula is C13H28O5. The van der Waals surface area contributed by atoms with E-state index in [1.54, 1.807) is 0 Å². The van der Waals surface area contributed by atoms with Crippen molar-refractivity contribution in [2.45, 2.75) is 45.3 Å². The third-order valence-electron chi connectivity index (χ3n) is 2.37. The monoisotopic (exact) mass is 264 g/mol. The van der Waals surface area contributed by atoms with E-state index in [4.69, 9.17) is 24.4 Å². The van der Waals surface area contributed by atoms with Crippen LogP contribution in [-0.2, 0) is 14.2 Å². The summed E-state index contributed by atoms with van der Waals surface area (Å²) in [5.41, 5.74) is 0. The second kappa shape index (κ2) is 14.9. The second-order valence-electron chi connectivity index (χ2n) is 4.10. The van der Waals surface area contributed by atoms with Crippen LogP contribution in [0.2, 0.25) is 0 Å². The molecule has 0 aliphatic rings. The lowest BCUT2D eigenvalue weighted by atomic mass is 10.3. The van der Waals surface area contributed by atoms with Gasteiger partial charge < -0.3 is 24.4 Å². The van der Waals surface area contributed by atoms with E-state index in [2.05, 4.69) is 0 Å². The molecule has 0 rings (SSSR count). The number of aliphatic hydroxyl groups is 2. The zero-order valence-corrected chi connectivity index (χ0v) is 11.5. The summed E-state index contributed by atoms with van der Waals surface area (Å²) >= 11 is 0. The van der Waals surface area contributed by atoms with Crippen molar-refractivity contribution >= 4 is 0 Å². The van der Waals surface area contributed by atoms with Crippen molar-refractivity contribution in [1.82, 2.24) is 0 Å². The van der Waals surface area contributed by atoms with Crippen LogP contribution in [0, 0.1) is 0 Å². The Hall–Kier alpha value is -0.200. The molecule has 2 N–H and O–H groups in total. The highest BCUT2D eigenvalue weighted by molar-refractivity contribution is 4.41. The van der Waals surface area contributed by atoms with E-state index in [0.717, 1.165) is 32.5 Å². The Labute approximate surface area is 110 Å². The molecule has 18 heavy (non-hydrogen) atoms. The molecule has 5 heteroatoms. The summed E-state index contributed by atoms with van der Waals surface area (Å²) in [5.74, 6) is 0.